The van der Waals surface area contributed by atoms with E-state index in [0.717, 1.165) is 16.7 Å². The molecule has 3 N–H and O–H groups in total. The minimum Gasteiger partial charge on any atom is -0.478 e. The molecule has 0 radical (unpaired) electrons. The Morgan fingerprint density at radius 3 is 2.42 bits per heavy atom. The largest absolute Gasteiger partial charge is 0.478 e. The van der Waals surface area contributed by atoms with Crippen LogP contribution in [0, 0.1) is 0 Å². The van der Waals surface area contributed by atoms with Crippen LogP contribution in [0.15, 0.2) is 90.3 Å². The molecule has 0 aliphatic carbocycles. The van der Waals surface area contributed by atoms with Gasteiger partial charge in [0.1, 0.15) is 6.61 Å². The van der Waals surface area contributed by atoms with Crippen LogP contribution in [0.3, 0.4) is 0 Å². The van der Waals surface area contributed by atoms with Crippen LogP contribution in [0.2, 0.25) is 0 Å². The Morgan fingerprint density at radius 2 is 1.74 bits per heavy atom. The summed E-state index contributed by atoms with van der Waals surface area (Å²) in [5.74, 6) is -0.438. The monoisotopic (exact) mass is 535 g/mol. The van der Waals surface area contributed by atoms with Crippen molar-refractivity contribution in [3.63, 3.8) is 0 Å². The van der Waals surface area contributed by atoms with Crippen LogP contribution in [-0.2, 0) is 20.8 Å². The molecule has 0 bridgehead atoms. The van der Waals surface area contributed by atoms with Crippen LogP contribution in [0.1, 0.15) is 45.9 Å². The van der Waals surface area contributed by atoms with E-state index in [1.54, 1.807) is 30.3 Å². The lowest BCUT2D eigenvalue weighted by Gasteiger charge is -2.36. The standard InChI is InChI=1S/C29H29NO7S/c1-2-15-35-29(34)30-22-13-11-21(12-14-22)28-36-23(18-38-26-6-4-3-5-24(26)27(32)33)16-25(37-28)20-9-7-19(17-31)8-10-20/h2-14,23,25,28,31H,1,15-18H2,(H,30,34)(H,32,33). The molecule has 3 atom stereocenters. The molecule has 1 heterocycles. The number of carboxylic acids is 1. The van der Waals surface area contributed by atoms with E-state index in [1.165, 1.54) is 17.8 Å². The van der Waals surface area contributed by atoms with E-state index >= 15 is 0 Å². The molecule has 9 heteroatoms. The van der Waals surface area contributed by atoms with Crippen molar-refractivity contribution in [2.24, 2.45) is 0 Å². The second-order valence-corrected chi connectivity index (χ2v) is 9.66. The Morgan fingerprint density at radius 1 is 1.03 bits per heavy atom. The summed E-state index contributed by atoms with van der Waals surface area (Å²) in [6.07, 6.45) is 0.319. The van der Waals surface area contributed by atoms with Crippen LogP contribution in [-0.4, -0.2) is 40.7 Å². The van der Waals surface area contributed by atoms with Gasteiger partial charge in [-0.3, -0.25) is 5.32 Å². The maximum Gasteiger partial charge on any atom is 0.411 e. The number of nitrogens with one attached hydrogen (secondary N) is 1. The number of carbonyl (C=O) groups excluding carboxylic acids is 1. The fourth-order valence-electron chi connectivity index (χ4n) is 3.99. The number of aromatic carboxylic acids is 1. The normalized spacial score (nSPS) is 18.9. The summed E-state index contributed by atoms with van der Waals surface area (Å²) in [5, 5.41) is 21.6. The van der Waals surface area contributed by atoms with Crippen molar-refractivity contribution in [2.75, 3.05) is 17.7 Å². The highest BCUT2D eigenvalue weighted by molar-refractivity contribution is 7.99. The topological polar surface area (TPSA) is 114 Å². The molecule has 3 aromatic rings. The quantitative estimate of drug-likeness (QED) is 0.216. The third-order valence-corrected chi connectivity index (χ3v) is 7.12. The van der Waals surface area contributed by atoms with Crippen LogP contribution < -0.4 is 5.32 Å². The average molecular weight is 536 g/mol. The van der Waals surface area contributed by atoms with Gasteiger partial charge in [-0.25, -0.2) is 9.59 Å². The number of aliphatic hydroxyl groups is 1. The highest BCUT2D eigenvalue weighted by atomic mass is 32.2. The smallest absolute Gasteiger partial charge is 0.411 e. The van der Waals surface area contributed by atoms with E-state index in [-0.39, 0.29) is 31.0 Å². The Hall–Kier alpha value is -3.63. The summed E-state index contributed by atoms with van der Waals surface area (Å²) in [7, 11) is 0. The number of hydrogen-bond donors (Lipinski definition) is 3. The predicted molar refractivity (Wildman–Crippen MR) is 144 cm³/mol. The number of carbonyl (C=O) groups is 2. The third kappa shape index (κ3) is 7.23. The number of aliphatic hydroxyl groups excluding tert-OH is 1. The molecule has 0 saturated carbocycles. The molecule has 8 nitrogen and oxygen atoms in total. The molecule has 198 valence electrons. The van der Waals surface area contributed by atoms with Crippen molar-refractivity contribution >= 4 is 29.5 Å². The predicted octanol–water partition coefficient (Wildman–Crippen LogP) is 5.95. The molecule has 3 aromatic carbocycles. The van der Waals surface area contributed by atoms with Crippen LogP contribution in [0.25, 0.3) is 0 Å². The highest BCUT2D eigenvalue weighted by Gasteiger charge is 2.32. The second kappa shape index (κ2) is 13.3. The average Bonchev–Trinajstić information content (AvgIpc) is 2.95. The van der Waals surface area contributed by atoms with Gasteiger partial charge in [0, 0.05) is 28.3 Å². The highest BCUT2D eigenvalue weighted by Crippen LogP contribution is 2.40. The van der Waals surface area contributed by atoms with Gasteiger partial charge in [0.2, 0.25) is 0 Å². The Kier molecular flexibility index (Phi) is 9.56. The molecule has 1 aliphatic rings. The Labute approximate surface area is 225 Å². The van der Waals surface area contributed by atoms with Crippen LogP contribution >= 0.6 is 11.8 Å². The third-order valence-electron chi connectivity index (χ3n) is 5.92. The lowest BCUT2D eigenvalue weighted by atomic mass is 10.0. The molecule has 1 fully saturated rings. The first-order chi connectivity index (χ1) is 18.5. The zero-order chi connectivity index (χ0) is 26.9. The molecule has 38 heavy (non-hydrogen) atoms. The summed E-state index contributed by atoms with van der Waals surface area (Å²) in [6, 6.07) is 21.6. The summed E-state index contributed by atoms with van der Waals surface area (Å²) in [6.45, 7) is 3.59. The van der Waals surface area contributed by atoms with Crippen molar-refractivity contribution in [1.29, 1.82) is 0 Å². The minimum absolute atomic E-state index is 0.0404. The number of carboxylic acid groups (broad SMARTS) is 1. The molecule has 3 unspecified atom stereocenters. The van der Waals surface area contributed by atoms with Gasteiger partial charge in [-0.2, -0.15) is 0 Å². The first-order valence-corrected chi connectivity index (χ1v) is 13.1. The summed E-state index contributed by atoms with van der Waals surface area (Å²) in [4.78, 5) is 24.1. The second-order valence-electron chi connectivity index (χ2n) is 8.60. The molecular weight excluding hydrogens is 506 g/mol. The van der Waals surface area contributed by atoms with Gasteiger partial charge in [-0.15, -0.1) is 11.8 Å². The van der Waals surface area contributed by atoms with Gasteiger partial charge in [-0.05, 0) is 35.4 Å². The number of thioether (sulfide) groups is 1. The number of amides is 1. The zero-order valence-corrected chi connectivity index (χ0v) is 21.4. The van der Waals surface area contributed by atoms with Crippen molar-refractivity contribution in [1.82, 2.24) is 0 Å². The Bertz CT molecular complexity index is 1250. The maximum atomic E-state index is 11.8. The summed E-state index contributed by atoms with van der Waals surface area (Å²) < 4.78 is 17.6. The molecule has 4 rings (SSSR count). The van der Waals surface area contributed by atoms with E-state index < -0.39 is 18.4 Å². The minimum atomic E-state index is -0.970. The molecule has 0 aromatic heterocycles. The molecule has 1 amide bonds. The van der Waals surface area contributed by atoms with Crippen LogP contribution in [0.4, 0.5) is 10.5 Å². The van der Waals surface area contributed by atoms with Crippen molar-refractivity contribution < 1.29 is 34.0 Å². The lowest BCUT2D eigenvalue weighted by Crippen LogP contribution is -2.31. The SMILES string of the molecule is C=CCOC(=O)Nc1ccc(C2OC(CSc3ccccc3C(=O)O)CC(c3ccc(CO)cc3)O2)cc1. The van der Waals surface area contributed by atoms with Crippen molar-refractivity contribution in [3.8, 4) is 0 Å². The van der Waals surface area contributed by atoms with Crippen LogP contribution in [0.5, 0.6) is 0 Å². The number of hydrogen-bond acceptors (Lipinski definition) is 7. The molecule has 1 aliphatic heterocycles. The van der Waals surface area contributed by atoms with Gasteiger partial charge < -0.3 is 24.4 Å². The fraction of sp³-hybridized carbons (Fsp3) is 0.241. The molecular formula is C29H29NO7S. The number of anilines is 1. The zero-order valence-electron chi connectivity index (χ0n) is 20.6. The van der Waals surface area contributed by atoms with Gasteiger partial charge >= 0.3 is 12.1 Å². The van der Waals surface area contributed by atoms with Crippen molar-refractivity contribution in [2.45, 2.75) is 36.4 Å². The molecule has 0 spiro atoms. The number of benzene rings is 3. The van der Waals surface area contributed by atoms with Gasteiger partial charge in [-0.1, -0.05) is 61.2 Å². The first-order valence-electron chi connectivity index (χ1n) is 12.1. The van der Waals surface area contributed by atoms with Gasteiger partial charge in [0.25, 0.3) is 0 Å². The van der Waals surface area contributed by atoms with Gasteiger partial charge in [0.15, 0.2) is 6.29 Å². The van der Waals surface area contributed by atoms with Gasteiger partial charge in [0.05, 0.1) is 24.4 Å². The summed E-state index contributed by atoms with van der Waals surface area (Å²) >= 11 is 1.44. The van der Waals surface area contributed by atoms with Crippen molar-refractivity contribution in [3.05, 3.63) is 108 Å². The lowest BCUT2D eigenvalue weighted by molar-refractivity contribution is -0.245. The van der Waals surface area contributed by atoms with E-state index in [4.69, 9.17) is 14.2 Å². The van der Waals surface area contributed by atoms with E-state index in [0.29, 0.717) is 22.8 Å². The Balaban J connectivity index is 1.51. The number of rotatable bonds is 10. The van der Waals surface area contributed by atoms with E-state index in [2.05, 4.69) is 11.9 Å². The maximum absolute atomic E-state index is 11.8. The molecule has 1 saturated heterocycles. The fourth-order valence-corrected chi connectivity index (χ4v) is 5.05. The first kappa shape index (κ1) is 27.4. The van der Waals surface area contributed by atoms with E-state index in [1.807, 2.05) is 42.5 Å². The number of ether oxygens (including phenoxy) is 3. The van der Waals surface area contributed by atoms with E-state index in [9.17, 15) is 19.8 Å². The summed E-state index contributed by atoms with van der Waals surface area (Å²) in [5.41, 5.74) is 3.36.